The Kier molecular flexibility index (Phi) is 6.60. The van der Waals surface area contributed by atoms with Crippen LogP contribution in [0.15, 0.2) is 29.2 Å². The van der Waals surface area contributed by atoms with Crippen molar-refractivity contribution in [2.24, 2.45) is 0 Å². The van der Waals surface area contributed by atoms with Gasteiger partial charge in [-0.15, -0.1) is 0 Å². The summed E-state index contributed by atoms with van der Waals surface area (Å²) in [5, 5.41) is 6.28. The highest BCUT2D eigenvalue weighted by atomic mass is 32.2. The fourth-order valence-corrected chi connectivity index (χ4v) is 4.04. The number of nitrogens with zero attached hydrogens (tertiary/aromatic N) is 4. The highest BCUT2D eigenvalue weighted by Crippen LogP contribution is 2.20. The van der Waals surface area contributed by atoms with E-state index in [1.54, 1.807) is 13.8 Å². The van der Waals surface area contributed by atoms with Crippen molar-refractivity contribution < 1.29 is 22.0 Å². The lowest BCUT2D eigenvalue weighted by Gasteiger charge is -2.18. The molecule has 0 radical (unpaired) electrons. The number of sulfonamides is 1. The molecule has 11 heteroatoms. The molecule has 2 rings (SSSR count). The summed E-state index contributed by atoms with van der Waals surface area (Å²) in [6, 6.07) is 5.76. The van der Waals surface area contributed by atoms with Gasteiger partial charge in [-0.3, -0.25) is 4.79 Å². The Labute approximate surface area is 156 Å². The molecule has 0 saturated carbocycles. The number of aromatic nitrogens is 3. The Morgan fingerprint density at radius 3 is 2.56 bits per heavy atom. The summed E-state index contributed by atoms with van der Waals surface area (Å²) in [6.07, 6.45) is -2.86. The van der Waals surface area contributed by atoms with Crippen LogP contribution < -0.4 is 5.32 Å². The van der Waals surface area contributed by atoms with Crippen molar-refractivity contribution in [1.82, 2.24) is 19.1 Å². The first-order valence-corrected chi connectivity index (χ1v) is 9.72. The van der Waals surface area contributed by atoms with Crippen LogP contribution in [0.4, 0.5) is 14.5 Å². The topological polar surface area (TPSA) is 97.2 Å². The number of rotatable bonds is 8. The fraction of sp³-hybridized carbons (Fsp3) is 0.438. The molecule has 0 unspecified atom stereocenters. The van der Waals surface area contributed by atoms with Gasteiger partial charge in [0.2, 0.25) is 15.9 Å². The fourth-order valence-electron chi connectivity index (χ4n) is 2.53. The van der Waals surface area contributed by atoms with E-state index in [-0.39, 0.29) is 16.4 Å². The van der Waals surface area contributed by atoms with Crippen LogP contribution in [0.2, 0.25) is 0 Å². The number of benzene rings is 1. The molecule has 1 heterocycles. The minimum Gasteiger partial charge on any atom is -0.324 e. The van der Waals surface area contributed by atoms with Gasteiger partial charge in [0.15, 0.2) is 5.82 Å². The molecule has 1 amide bonds. The highest BCUT2D eigenvalue weighted by molar-refractivity contribution is 7.89. The van der Waals surface area contributed by atoms with Crippen molar-refractivity contribution in [3.8, 4) is 0 Å². The van der Waals surface area contributed by atoms with Crippen molar-refractivity contribution in [3.63, 3.8) is 0 Å². The maximum atomic E-state index is 12.9. The van der Waals surface area contributed by atoms with E-state index >= 15 is 0 Å². The molecule has 0 aliphatic rings. The third-order valence-electron chi connectivity index (χ3n) is 3.76. The van der Waals surface area contributed by atoms with E-state index in [0.717, 1.165) is 4.68 Å². The molecule has 8 nitrogen and oxygen atoms in total. The average molecular weight is 401 g/mol. The number of amides is 1. The predicted octanol–water partition coefficient (Wildman–Crippen LogP) is 2.19. The number of hydrogen-bond donors (Lipinski definition) is 1. The minimum atomic E-state index is -3.68. The molecule has 0 fully saturated rings. The average Bonchev–Trinajstić information content (AvgIpc) is 2.96. The molecule has 0 aliphatic carbocycles. The standard InChI is InChI=1S/C16H21F2N5O3S/c1-4-22(5-2)27(25,26)13-8-6-7-12(9-13)20-14(24)10-23-16(15(17)18)19-11(3)21-23/h6-9,15H,4-5,10H2,1-3H3,(H,20,24). The predicted molar refractivity (Wildman–Crippen MR) is 94.9 cm³/mol. The lowest BCUT2D eigenvalue weighted by Crippen LogP contribution is -2.30. The van der Waals surface area contributed by atoms with E-state index in [1.165, 1.54) is 35.5 Å². The van der Waals surface area contributed by atoms with Crippen LogP contribution in [-0.4, -0.2) is 46.5 Å². The van der Waals surface area contributed by atoms with Gasteiger partial charge in [-0.1, -0.05) is 19.9 Å². The monoisotopic (exact) mass is 401 g/mol. The summed E-state index contributed by atoms with van der Waals surface area (Å²) in [5.41, 5.74) is 0.240. The van der Waals surface area contributed by atoms with Gasteiger partial charge in [0.25, 0.3) is 6.43 Å². The van der Waals surface area contributed by atoms with Gasteiger partial charge in [0.05, 0.1) is 4.90 Å². The quantitative estimate of drug-likeness (QED) is 0.731. The van der Waals surface area contributed by atoms with Gasteiger partial charge < -0.3 is 5.32 Å². The zero-order valence-corrected chi connectivity index (χ0v) is 16.0. The second kappa shape index (κ2) is 8.53. The molecule has 27 heavy (non-hydrogen) atoms. The van der Waals surface area contributed by atoms with E-state index in [4.69, 9.17) is 0 Å². The molecule has 1 N–H and O–H groups in total. The maximum Gasteiger partial charge on any atom is 0.297 e. The molecule has 0 spiro atoms. The lowest BCUT2D eigenvalue weighted by molar-refractivity contribution is -0.117. The molecular formula is C16H21F2N5O3S. The Balaban J connectivity index is 2.18. The third-order valence-corrected chi connectivity index (χ3v) is 5.80. The summed E-state index contributed by atoms with van der Waals surface area (Å²) < 4.78 is 53.1. The molecule has 0 bridgehead atoms. The van der Waals surface area contributed by atoms with Crippen LogP contribution in [-0.2, 0) is 21.4 Å². The molecule has 0 saturated heterocycles. The molecule has 2 aromatic rings. The number of hydrogen-bond acceptors (Lipinski definition) is 5. The van der Waals surface area contributed by atoms with Crippen molar-refractivity contribution >= 4 is 21.6 Å². The van der Waals surface area contributed by atoms with Crippen molar-refractivity contribution in [1.29, 1.82) is 0 Å². The first-order chi connectivity index (χ1) is 12.7. The van der Waals surface area contributed by atoms with Gasteiger partial charge in [-0.2, -0.15) is 9.40 Å². The third kappa shape index (κ3) is 4.86. The van der Waals surface area contributed by atoms with Crippen LogP contribution in [0.3, 0.4) is 0 Å². The second-order valence-electron chi connectivity index (χ2n) is 5.64. The first kappa shape index (κ1) is 20.9. The van der Waals surface area contributed by atoms with Crippen LogP contribution in [0.5, 0.6) is 0 Å². The van der Waals surface area contributed by atoms with Crippen LogP contribution in [0, 0.1) is 6.92 Å². The number of aryl methyl sites for hydroxylation is 1. The second-order valence-corrected chi connectivity index (χ2v) is 7.58. The Bertz CT molecular complexity index is 911. The first-order valence-electron chi connectivity index (χ1n) is 8.28. The maximum absolute atomic E-state index is 12.9. The summed E-state index contributed by atoms with van der Waals surface area (Å²) >= 11 is 0. The highest BCUT2D eigenvalue weighted by Gasteiger charge is 2.22. The number of alkyl halides is 2. The van der Waals surface area contributed by atoms with Crippen molar-refractivity contribution in [2.75, 3.05) is 18.4 Å². The molecule has 1 aromatic carbocycles. The van der Waals surface area contributed by atoms with E-state index in [2.05, 4.69) is 15.4 Å². The number of nitrogens with one attached hydrogen (secondary N) is 1. The summed E-state index contributed by atoms with van der Waals surface area (Å²) in [4.78, 5) is 15.8. The number of carbonyl (C=O) groups is 1. The van der Waals surface area contributed by atoms with Crippen LogP contribution in [0.1, 0.15) is 31.9 Å². The number of anilines is 1. The molecule has 1 aromatic heterocycles. The summed E-state index contributed by atoms with van der Waals surface area (Å²) in [6.45, 7) is 5.07. The van der Waals surface area contributed by atoms with Gasteiger partial charge in [0, 0.05) is 18.8 Å². The van der Waals surface area contributed by atoms with E-state index < -0.39 is 34.7 Å². The Hall–Kier alpha value is -2.40. The zero-order valence-electron chi connectivity index (χ0n) is 15.2. The molecule has 148 valence electrons. The normalized spacial score (nSPS) is 12.0. The summed E-state index contributed by atoms with van der Waals surface area (Å²) in [7, 11) is -3.68. The minimum absolute atomic E-state index is 0.0360. The van der Waals surface area contributed by atoms with Gasteiger partial charge in [0.1, 0.15) is 12.4 Å². The van der Waals surface area contributed by atoms with Crippen LogP contribution in [0.25, 0.3) is 0 Å². The van der Waals surface area contributed by atoms with E-state index in [1.807, 2.05) is 0 Å². The van der Waals surface area contributed by atoms with Gasteiger partial charge in [-0.25, -0.2) is 26.9 Å². The lowest BCUT2D eigenvalue weighted by atomic mass is 10.3. The van der Waals surface area contributed by atoms with Gasteiger partial charge >= 0.3 is 0 Å². The number of halogens is 2. The van der Waals surface area contributed by atoms with Crippen molar-refractivity contribution in [3.05, 3.63) is 35.9 Å². The van der Waals surface area contributed by atoms with Crippen LogP contribution >= 0.6 is 0 Å². The van der Waals surface area contributed by atoms with E-state index in [0.29, 0.717) is 13.1 Å². The largest absolute Gasteiger partial charge is 0.324 e. The molecular weight excluding hydrogens is 380 g/mol. The SMILES string of the molecule is CCN(CC)S(=O)(=O)c1cccc(NC(=O)Cn2nc(C)nc2C(F)F)c1. The number of carbonyl (C=O) groups excluding carboxylic acids is 1. The Morgan fingerprint density at radius 1 is 1.30 bits per heavy atom. The smallest absolute Gasteiger partial charge is 0.297 e. The summed E-state index contributed by atoms with van der Waals surface area (Å²) in [5.74, 6) is -1.09. The van der Waals surface area contributed by atoms with Gasteiger partial charge in [-0.05, 0) is 25.1 Å². The zero-order chi connectivity index (χ0) is 20.2. The Morgan fingerprint density at radius 2 is 1.96 bits per heavy atom. The van der Waals surface area contributed by atoms with E-state index in [9.17, 15) is 22.0 Å². The molecule has 0 atom stereocenters. The van der Waals surface area contributed by atoms with Crippen molar-refractivity contribution in [2.45, 2.75) is 38.6 Å². The molecule has 0 aliphatic heterocycles.